The molecule has 0 aliphatic carbocycles. The van der Waals surface area contributed by atoms with E-state index in [0.29, 0.717) is 12.8 Å². The molecule has 4 nitrogen and oxygen atoms in total. The Morgan fingerprint density at radius 2 is 1.72 bits per heavy atom. The fourth-order valence-electron chi connectivity index (χ4n) is 2.25. The molecule has 160 valence electrons. The number of halogens is 7. The second-order valence-electron chi connectivity index (χ2n) is 5.89. The van der Waals surface area contributed by atoms with Crippen molar-refractivity contribution >= 4 is 75.1 Å². The fraction of sp³-hybridized carbons (Fsp3) is 0.294. The predicted molar refractivity (Wildman–Crippen MR) is 119 cm³/mol. The van der Waals surface area contributed by atoms with Crippen LogP contribution in [-0.2, 0) is 16.2 Å². The van der Waals surface area contributed by atoms with Gasteiger partial charge in [0.1, 0.15) is 13.6 Å². The molecular weight excluding hydrogens is 630 g/mol. The highest BCUT2D eigenvalue weighted by Crippen LogP contribution is 2.41. The van der Waals surface area contributed by atoms with Gasteiger partial charge in [0.2, 0.25) is 10.0 Å². The summed E-state index contributed by atoms with van der Waals surface area (Å²) < 4.78 is 70.7. The highest BCUT2D eigenvalue weighted by atomic mass is 80.0. The molecule has 12 heteroatoms. The van der Waals surface area contributed by atoms with Gasteiger partial charge in [0.15, 0.2) is 0 Å². The van der Waals surface area contributed by atoms with Gasteiger partial charge in [0.25, 0.3) is 0 Å². The van der Waals surface area contributed by atoms with Crippen molar-refractivity contribution in [1.82, 2.24) is 0 Å². The minimum atomic E-state index is -4.62. The lowest BCUT2D eigenvalue weighted by atomic mass is 10.2. The average molecular weight is 645 g/mol. The van der Waals surface area contributed by atoms with Gasteiger partial charge in [-0.05, 0) is 37.1 Å². The molecule has 0 aromatic heterocycles. The van der Waals surface area contributed by atoms with E-state index < -0.39 is 28.9 Å². The van der Waals surface area contributed by atoms with Crippen LogP contribution in [0.4, 0.5) is 18.9 Å². The maximum absolute atomic E-state index is 13.0. The van der Waals surface area contributed by atoms with Gasteiger partial charge < -0.3 is 4.74 Å². The maximum Gasteiger partial charge on any atom is 0.417 e. The summed E-state index contributed by atoms with van der Waals surface area (Å²) in [6.45, 7) is 0. The fourth-order valence-corrected chi connectivity index (χ4v) is 4.48. The van der Waals surface area contributed by atoms with E-state index in [4.69, 9.17) is 16.3 Å². The average Bonchev–Trinajstić information content (AvgIpc) is 2.54. The number of hydrogen-bond donors (Lipinski definition) is 1. The minimum Gasteiger partial charge on any atom is -0.456 e. The maximum atomic E-state index is 13.0. The highest BCUT2D eigenvalue weighted by Gasteiger charge is 2.34. The summed E-state index contributed by atoms with van der Waals surface area (Å²) in [5, 5.41) is -0.575. The summed E-state index contributed by atoms with van der Waals surface area (Å²) >= 11 is 15.7. The molecule has 0 bridgehead atoms. The van der Waals surface area contributed by atoms with Crippen molar-refractivity contribution in [2.75, 3.05) is 10.5 Å². The van der Waals surface area contributed by atoms with E-state index in [9.17, 15) is 21.6 Å². The Kier molecular flexibility index (Phi) is 8.34. The SMILES string of the molecule is O=S(=O)(CCCC(Br)(Br)Br)Nc1cccc(Oc2cccc(C(F)(F)F)c2Cl)c1. The Labute approximate surface area is 196 Å². The zero-order chi connectivity index (χ0) is 21.9. The highest BCUT2D eigenvalue weighted by molar-refractivity contribution is 9.39. The monoisotopic (exact) mass is 641 g/mol. The first kappa shape index (κ1) is 24.8. The van der Waals surface area contributed by atoms with E-state index >= 15 is 0 Å². The summed E-state index contributed by atoms with van der Waals surface area (Å²) in [4.78, 5) is 0. The molecule has 0 heterocycles. The number of nitrogens with one attached hydrogen (secondary N) is 1. The molecular formula is C17H14Br3ClF3NO3S. The van der Waals surface area contributed by atoms with E-state index in [-0.39, 0.29) is 22.9 Å². The normalized spacial score (nSPS) is 12.7. The van der Waals surface area contributed by atoms with Crippen LogP contribution in [0, 0.1) is 0 Å². The van der Waals surface area contributed by atoms with Crippen molar-refractivity contribution in [1.29, 1.82) is 0 Å². The molecule has 0 amide bonds. The number of hydrogen-bond acceptors (Lipinski definition) is 3. The Morgan fingerprint density at radius 3 is 2.34 bits per heavy atom. The zero-order valence-electron chi connectivity index (χ0n) is 14.4. The van der Waals surface area contributed by atoms with Crippen molar-refractivity contribution in [3.63, 3.8) is 0 Å². The third-order valence-electron chi connectivity index (χ3n) is 3.48. The lowest BCUT2D eigenvalue weighted by molar-refractivity contribution is -0.137. The number of benzene rings is 2. The molecule has 0 aliphatic heterocycles. The topological polar surface area (TPSA) is 55.4 Å². The first-order chi connectivity index (χ1) is 13.3. The molecule has 2 aromatic carbocycles. The van der Waals surface area contributed by atoms with E-state index in [1.807, 2.05) is 0 Å². The lowest BCUT2D eigenvalue weighted by Crippen LogP contribution is -2.17. The molecule has 0 radical (unpaired) electrons. The molecule has 0 saturated carbocycles. The second kappa shape index (κ2) is 9.76. The molecule has 2 rings (SSSR count). The van der Waals surface area contributed by atoms with Gasteiger partial charge in [-0.15, -0.1) is 0 Å². The van der Waals surface area contributed by atoms with E-state index in [2.05, 4.69) is 52.5 Å². The summed E-state index contributed by atoms with van der Waals surface area (Å²) in [6.07, 6.45) is -3.75. The van der Waals surface area contributed by atoms with Crippen molar-refractivity contribution in [3.8, 4) is 11.5 Å². The van der Waals surface area contributed by atoms with Gasteiger partial charge in [-0.2, -0.15) is 13.2 Å². The number of alkyl halides is 6. The lowest BCUT2D eigenvalue weighted by Gasteiger charge is -2.14. The predicted octanol–water partition coefficient (Wildman–Crippen LogP) is 7.51. The Balaban J connectivity index is 2.13. The van der Waals surface area contributed by atoms with E-state index in [1.54, 1.807) is 0 Å². The molecule has 0 atom stereocenters. The van der Waals surface area contributed by atoms with Gasteiger partial charge in [-0.25, -0.2) is 8.42 Å². The van der Waals surface area contributed by atoms with Gasteiger partial charge in [0.05, 0.1) is 22.0 Å². The minimum absolute atomic E-state index is 0.123. The second-order valence-corrected chi connectivity index (χ2v) is 15.4. The van der Waals surface area contributed by atoms with Gasteiger partial charge in [-0.3, -0.25) is 4.72 Å². The number of ether oxygens (including phenoxy) is 1. The van der Waals surface area contributed by atoms with Crippen LogP contribution in [0.1, 0.15) is 18.4 Å². The molecule has 1 N–H and O–H groups in total. The Hall–Kier alpha value is -0.490. The van der Waals surface area contributed by atoms with E-state index in [0.717, 1.165) is 6.07 Å². The van der Waals surface area contributed by atoms with Crippen LogP contribution in [0.25, 0.3) is 0 Å². The van der Waals surface area contributed by atoms with Crippen molar-refractivity contribution < 1.29 is 26.3 Å². The molecule has 0 spiro atoms. The number of sulfonamides is 1. The van der Waals surface area contributed by atoms with Crippen LogP contribution in [0.5, 0.6) is 11.5 Å². The smallest absolute Gasteiger partial charge is 0.417 e. The molecule has 29 heavy (non-hydrogen) atoms. The largest absolute Gasteiger partial charge is 0.456 e. The first-order valence-electron chi connectivity index (χ1n) is 7.98. The van der Waals surface area contributed by atoms with Crippen LogP contribution in [0.2, 0.25) is 5.02 Å². The quantitative estimate of drug-likeness (QED) is 0.318. The van der Waals surface area contributed by atoms with Crippen molar-refractivity contribution in [3.05, 3.63) is 53.1 Å². The van der Waals surface area contributed by atoms with Crippen LogP contribution < -0.4 is 9.46 Å². The molecule has 0 unspecified atom stereocenters. The van der Waals surface area contributed by atoms with Crippen LogP contribution in [0.15, 0.2) is 42.5 Å². The third kappa shape index (κ3) is 8.28. The third-order valence-corrected chi connectivity index (χ3v) is 6.43. The zero-order valence-corrected chi connectivity index (χ0v) is 20.8. The summed E-state index contributed by atoms with van der Waals surface area (Å²) in [5.74, 6) is -0.182. The number of anilines is 1. The van der Waals surface area contributed by atoms with Crippen molar-refractivity contribution in [2.45, 2.75) is 21.2 Å². The Morgan fingerprint density at radius 1 is 1.07 bits per heavy atom. The van der Waals surface area contributed by atoms with Crippen molar-refractivity contribution in [2.24, 2.45) is 0 Å². The molecule has 0 fully saturated rings. The van der Waals surface area contributed by atoms with Crippen LogP contribution >= 0.6 is 59.4 Å². The first-order valence-corrected chi connectivity index (χ1v) is 12.4. The van der Waals surface area contributed by atoms with Crippen LogP contribution in [0.3, 0.4) is 0 Å². The number of rotatable bonds is 7. The summed E-state index contributed by atoms with van der Waals surface area (Å²) in [5.41, 5.74) is -0.802. The Bertz CT molecular complexity index is 966. The van der Waals surface area contributed by atoms with Gasteiger partial charge >= 0.3 is 6.18 Å². The van der Waals surface area contributed by atoms with Gasteiger partial charge in [-0.1, -0.05) is 71.5 Å². The summed E-state index contributed by atoms with van der Waals surface area (Å²) in [7, 11) is -3.62. The molecule has 0 aliphatic rings. The standard InChI is InChI=1S/C17H14Br3ClF3NO3S/c18-16(19,20)8-3-9-29(26,27)25-11-4-1-5-12(10-11)28-14-7-2-6-13(15(14)21)17(22,23)24/h1-2,4-7,10,25H,3,8-9H2. The molecule has 0 saturated heterocycles. The summed E-state index contributed by atoms with van der Waals surface area (Å²) in [6, 6.07) is 9.16. The van der Waals surface area contributed by atoms with Crippen LogP contribution in [-0.4, -0.2) is 16.3 Å². The van der Waals surface area contributed by atoms with E-state index in [1.165, 1.54) is 36.4 Å². The molecule has 2 aromatic rings. The van der Waals surface area contributed by atoms with Gasteiger partial charge in [0, 0.05) is 6.07 Å².